The number of ketones is 1. The Kier molecular flexibility index (Phi) is 3.71. The van der Waals surface area contributed by atoms with Crippen LogP contribution in [-0.2, 0) is 16.6 Å². The first-order valence-corrected chi connectivity index (χ1v) is 10.3. The zero-order chi connectivity index (χ0) is 18.9. The molecular formula is C22H28N2O3. The Bertz CT molecular complexity index is 831. The molecule has 4 aliphatic rings. The SMILES string of the molecule is C[C@H](C1CC1)N1CC[C@]23CC(=O)CC[C@H]2[C@H]1Cc1ccc(C(N)=O)c(O)c13. The number of hydrogen-bond acceptors (Lipinski definition) is 4. The van der Waals surface area contributed by atoms with Gasteiger partial charge in [0.2, 0.25) is 0 Å². The van der Waals surface area contributed by atoms with E-state index in [1.54, 1.807) is 6.07 Å². The lowest BCUT2D eigenvalue weighted by Gasteiger charge is -2.60. The summed E-state index contributed by atoms with van der Waals surface area (Å²) in [5, 5.41) is 11.0. The molecule has 3 N–H and O–H groups in total. The van der Waals surface area contributed by atoms with Crippen LogP contribution in [0.4, 0.5) is 0 Å². The molecule has 2 bridgehead atoms. The summed E-state index contributed by atoms with van der Waals surface area (Å²) in [6.45, 7) is 3.33. The number of benzene rings is 1. The third-order valence-corrected chi connectivity index (χ3v) is 7.95. The Hall–Kier alpha value is -1.88. The molecule has 3 aliphatic carbocycles. The van der Waals surface area contributed by atoms with Gasteiger partial charge in [0, 0.05) is 35.9 Å². The highest BCUT2D eigenvalue weighted by molar-refractivity contribution is 5.96. The number of hydrogen-bond donors (Lipinski definition) is 2. The van der Waals surface area contributed by atoms with Gasteiger partial charge < -0.3 is 10.8 Å². The van der Waals surface area contributed by atoms with Crippen molar-refractivity contribution in [1.29, 1.82) is 0 Å². The predicted molar refractivity (Wildman–Crippen MR) is 102 cm³/mol. The van der Waals surface area contributed by atoms with Crippen LogP contribution >= 0.6 is 0 Å². The summed E-state index contributed by atoms with van der Waals surface area (Å²) >= 11 is 0. The number of fused-ring (bicyclic) bond motifs is 1. The Labute approximate surface area is 159 Å². The Morgan fingerprint density at radius 1 is 1.33 bits per heavy atom. The van der Waals surface area contributed by atoms with Crippen LogP contribution in [0.15, 0.2) is 12.1 Å². The zero-order valence-electron chi connectivity index (χ0n) is 15.9. The molecule has 27 heavy (non-hydrogen) atoms. The normalized spacial score (nSPS) is 33.9. The van der Waals surface area contributed by atoms with Gasteiger partial charge in [-0.15, -0.1) is 0 Å². The second-order valence-electron chi connectivity index (χ2n) is 9.21. The van der Waals surface area contributed by atoms with E-state index in [9.17, 15) is 14.7 Å². The standard InChI is InChI=1S/C22H28N2O3/c1-12(13-2-3-13)24-9-8-22-11-15(25)5-7-17(22)18(24)10-14-4-6-16(21(23)27)20(26)19(14)22/h4,6,12-13,17-18,26H,2-3,5,7-11H2,1H3,(H2,23,27)/t12-,17+,18-,22+/m1/s1. The maximum absolute atomic E-state index is 12.5. The summed E-state index contributed by atoms with van der Waals surface area (Å²) in [6, 6.07) is 4.63. The van der Waals surface area contributed by atoms with E-state index in [1.165, 1.54) is 12.8 Å². The first-order valence-electron chi connectivity index (χ1n) is 10.3. The minimum absolute atomic E-state index is 0.0295. The van der Waals surface area contributed by atoms with Crippen molar-refractivity contribution in [1.82, 2.24) is 4.90 Å². The Balaban J connectivity index is 1.65. The molecule has 1 aromatic rings. The average Bonchev–Trinajstić information content (AvgIpc) is 3.45. The van der Waals surface area contributed by atoms with Gasteiger partial charge in [-0.25, -0.2) is 0 Å². The fourth-order valence-electron chi connectivity index (χ4n) is 6.52. The van der Waals surface area contributed by atoms with Crippen LogP contribution in [0.5, 0.6) is 5.75 Å². The van der Waals surface area contributed by atoms with E-state index in [-0.39, 0.29) is 22.5 Å². The van der Waals surface area contributed by atoms with Gasteiger partial charge >= 0.3 is 0 Å². The molecule has 5 rings (SSSR count). The van der Waals surface area contributed by atoms with Crippen LogP contribution < -0.4 is 5.73 Å². The lowest BCUT2D eigenvalue weighted by atomic mass is 9.51. The number of piperidine rings is 1. The molecule has 144 valence electrons. The third kappa shape index (κ3) is 2.40. The second kappa shape index (κ2) is 5.81. The molecule has 2 saturated carbocycles. The van der Waals surface area contributed by atoms with Crippen molar-refractivity contribution in [3.05, 3.63) is 28.8 Å². The lowest BCUT2D eigenvalue weighted by molar-refractivity contribution is -0.128. The maximum Gasteiger partial charge on any atom is 0.252 e. The summed E-state index contributed by atoms with van der Waals surface area (Å²) < 4.78 is 0. The summed E-state index contributed by atoms with van der Waals surface area (Å²) in [7, 11) is 0. The van der Waals surface area contributed by atoms with E-state index in [4.69, 9.17) is 5.73 Å². The smallest absolute Gasteiger partial charge is 0.252 e. The molecule has 1 amide bonds. The van der Waals surface area contributed by atoms with Gasteiger partial charge in [-0.05, 0) is 69.0 Å². The number of phenols is 1. The van der Waals surface area contributed by atoms with Gasteiger partial charge in [0.05, 0.1) is 5.56 Å². The Morgan fingerprint density at radius 2 is 2.11 bits per heavy atom. The largest absolute Gasteiger partial charge is 0.507 e. The summed E-state index contributed by atoms with van der Waals surface area (Å²) in [5.74, 6) is 0.890. The molecule has 1 aromatic carbocycles. The van der Waals surface area contributed by atoms with Crippen molar-refractivity contribution in [2.45, 2.75) is 69.4 Å². The number of nitrogens with two attached hydrogens (primary N) is 1. The predicted octanol–water partition coefficient (Wildman–Crippen LogP) is 2.53. The highest BCUT2D eigenvalue weighted by Gasteiger charge is 2.58. The van der Waals surface area contributed by atoms with Gasteiger partial charge in [-0.1, -0.05) is 6.07 Å². The van der Waals surface area contributed by atoms with Gasteiger partial charge in [0.15, 0.2) is 0 Å². The number of aromatic hydroxyl groups is 1. The van der Waals surface area contributed by atoms with E-state index < -0.39 is 5.91 Å². The van der Waals surface area contributed by atoms with Crippen molar-refractivity contribution >= 4 is 11.7 Å². The van der Waals surface area contributed by atoms with Gasteiger partial charge in [-0.2, -0.15) is 0 Å². The average molecular weight is 368 g/mol. The third-order valence-electron chi connectivity index (χ3n) is 7.95. The van der Waals surface area contributed by atoms with Crippen LogP contribution in [0.3, 0.4) is 0 Å². The van der Waals surface area contributed by atoms with Gasteiger partial charge in [-0.3, -0.25) is 14.5 Å². The zero-order valence-corrected chi connectivity index (χ0v) is 15.9. The van der Waals surface area contributed by atoms with Crippen molar-refractivity contribution in [2.75, 3.05) is 6.54 Å². The van der Waals surface area contributed by atoms with Crippen LogP contribution in [0, 0.1) is 11.8 Å². The maximum atomic E-state index is 12.5. The number of Topliss-reactive ketones (excluding diaryl/α,β-unsaturated/α-hetero) is 1. The fourth-order valence-corrected chi connectivity index (χ4v) is 6.52. The highest BCUT2D eigenvalue weighted by Crippen LogP contribution is 2.58. The molecule has 5 heteroatoms. The molecule has 4 atom stereocenters. The Morgan fingerprint density at radius 3 is 2.81 bits per heavy atom. The van der Waals surface area contributed by atoms with E-state index in [2.05, 4.69) is 11.8 Å². The number of nitrogens with zero attached hydrogens (tertiary/aromatic N) is 1. The molecular weight excluding hydrogens is 340 g/mol. The number of rotatable bonds is 3. The number of primary amides is 1. The van der Waals surface area contributed by atoms with Crippen LogP contribution in [0.25, 0.3) is 0 Å². The topological polar surface area (TPSA) is 83.6 Å². The number of likely N-dealkylation sites (tertiary alicyclic amines) is 1. The first-order chi connectivity index (χ1) is 12.9. The first kappa shape index (κ1) is 17.2. The van der Waals surface area contributed by atoms with Crippen LogP contribution in [-0.4, -0.2) is 40.3 Å². The fraction of sp³-hybridized carbons (Fsp3) is 0.636. The number of carbonyl (C=O) groups excluding carboxylic acids is 2. The number of amides is 1. The van der Waals surface area contributed by atoms with Crippen LogP contribution in [0.2, 0.25) is 0 Å². The molecule has 0 spiro atoms. The van der Waals surface area contributed by atoms with Crippen LogP contribution in [0.1, 0.15) is 66.9 Å². The van der Waals surface area contributed by atoms with E-state index in [0.29, 0.717) is 30.8 Å². The summed E-state index contributed by atoms with van der Waals surface area (Å²) in [5.41, 5.74) is 7.31. The molecule has 0 radical (unpaired) electrons. The summed E-state index contributed by atoms with van der Waals surface area (Å²) in [4.78, 5) is 27.0. The second-order valence-corrected chi connectivity index (χ2v) is 9.21. The van der Waals surface area contributed by atoms with E-state index >= 15 is 0 Å². The van der Waals surface area contributed by atoms with Gasteiger partial charge in [0.25, 0.3) is 5.91 Å². The van der Waals surface area contributed by atoms with Crippen molar-refractivity contribution in [3.63, 3.8) is 0 Å². The minimum atomic E-state index is -0.604. The number of carbonyl (C=O) groups is 2. The summed E-state index contributed by atoms with van der Waals surface area (Å²) in [6.07, 6.45) is 6.44. The quantitative estimate of drug-likeness (QED) is 0.859. The molecule has 0 aromatic heterocycles. The lowest BCUT2D eigenvalue weighted by Crippen LogP contribution is -2.63. The molecule has 5 nitrogen and oxygen atoms in total. The van der Waals surface area contributed by atoms with E-state index in [0.717, 1.165) is 42.9 Å². The monoisotopic (exact) mass is 368 g/mol. The molecule has 1 aliphatic heterocycles. The molecule has 1 saturated heterocycles. The van der Waals surface area contributed by atoms with Crippen molar-refractivity contribution < 1.29 is 14.7 Å². The molecule has 3 fully saturated rings. The molecule has 0 unspecified atom stereocenters. The van der Waals surface area contributed by atoms with E-state index in [1.807, 2.05) is 6.07 Å². The minimum Gasteiger partial charge on any atom is -0.507 e. The van der Waals surface area contributed by atoms with Crippen molar-refractivity contribution in [2.24, 2.45) is 17.6 Å². The van der Waals surface area contributed by atoms with Gasteiger partial charge in [0.1, 0.15) is 11.5 Å². The molecule has 1 heterocycles. The highest BCUT2D eigenvalue weighted by atomic mass is 16.3. The van der Waals surface area contributed by atoms with Crippen molar-refractivity contribution in [3.8, 4) is 5.75 Å².